The van der Waals surface area contributed by atoms with Gasteiger partial charge in [-0.3, -0.25) is 14.8 Å². The Labute approximate surface area is 132 Å². The molecule has 2 heterocycles. The molecular weight excluding hydrogens is 324 g/mol. The van der Waals surface area contributed by atoms with Crippen LogP contribution in [0.1, 0.15) is 27.9 Å². The van der Waals surface area contributed by atoms with Gasteiger partial charge in [0.15, 0.2) is 5.13 Å². The van der Waals surface area contributed by atoms with Gasteiger partial charge in [-0.05, 0) is 32.9 Å². The van der Waals surface area contributed by atoms with E-state index in [9.17, 15) is 13.2 Å². The number of nitrogens with zero attached hydrogens (tertiary/aromatic N) is 2. The van der Waals surface area contributed by atoms with Gasteiger partial charge >= 0.3 is 0 Å². The van der Waals surface area contributed by atoms with E-state index in [1.807, 2.05) is 13.8 Å². The Hall–Kier alpha value is -2.00. The van der Waals surface area contributed by atoms with Crippen molar-refractivity contribution in [2.75, 3.05) is 15.8 Å². The van der Waals surface area contributed by atoms with Crippen LogP contribution >= 0.6 is 11.3 Å². The molecule has 2 aromatic rings. The molecule has 0 bridgehead atoms. The molecule has 0 unspecified atom stereocenters. The summed E-state index contributed by atoms with van der Waals surface area (Å²) in [6, 6.07) is 2.95. The van der Waals surface area contributed by atoms with Gasteiger partial charge in [-0.15, -0.1) is 11.3 Å². The molecule has 0 aliphatic heterocycles. The number of aryl methyl sites for hydroxylation is 2. The number of hydrogen-bond donors (Lipinski definition) is 2. The van der Waals surface area contributed by atoms with Gasteiger partial charge in [0, 0.05) is 11.1 Å². The van der Waals surface area contributed by atoms with Gasteiger partial charge in [0.1, 0.15) is 5.82 Å². The second-order valence-electron chi connectivity index (χ2n) is 4.55. The second kappa shape index (κ2) is 6.41. The zero-order valence-electron chi connectivity index (χ0n) is 12.4. The number of hydrogen-bond acceptors (Lipinski definition) is 6. The predicted octanol–water partition coefficient (Wildman–Crippen LogP) is 2.17. The number of pyridine rings is 1. The van der Waals surface area contributed by atoms with Crippen molar-refractivity contribution in [3.8, 4) is 0 Å². The van der Waals surface area contributed by atoms with Crippen LogP contribution in [0, 0.1) is 13.8 Å². The minimum absolute atomic E-state index is 0.0420. The van der Waals surface area contributed by atoms with Crippen molar-refractivity contribution in [1.82, 2.24) is 9.97 Å². The minimum Gasteiger partial charge on any atom is -0.298 e. The number of amides is 1. The maximum absolute atomic E-state index is 12.1. The first kappa shape index (κ1) is 16.4. The lowest BCUT2D eigenvalue weighted by atomic mass is 10.2. The summed E-state index contributed by atoms with van der Waals surface area (Å²) in [6.45, 7) is 5.33. The number of sulfonamides is 1. The summed E-state index contributed by atoms with van der Waals surface area (Å²) < 4.78 is 25.2. The van der Waals surface area contributed by atoms with E-state index in [1.54, 1.807) is 0 Å². The molecule has 22 heavy (non-hydrogen) atoms. The lowest BCUT2D eigenvalue weighted by Crippen LogP contribution is -2.16. The van der Waals surface area contributed by atoms with Crippen LogP contribution in [0.4, 0.5) is 10.9 Å². The Morgan fingerprint density at radius 3 is 2.55 bits per heavy atom. The molecule has 0 spiro atoms. The first-order valence-corrected chi connectivity index (χ1v) is 8.99. The maximum Gasteiger partial charge on any atom is 0.259 e. The summed E-state index contributed by atoms with van der Waals surface area (Å²) in [4.78, 5) is 21.3. The van der Waals surface area contributed by atoms with Crippen molar-refractivity contribution >= 4 is 38.2 Å². The van der Waals surface area contributed by atoms with Crippen LogP contribution in [0.15, 0.2) is 18.3 Å². The molecule has 7 nitrogen and oxygen atoms in total. The Morgan fingerprint density at radius 1 is 1.32 bits per heavy atom. The van der Waals surface area contributed by atoms with Crippen LogP contribution in [0.25, 0.3) is 0 Å². The summed E-state index contributed by atoms with van der Waals surface area (Å²) in [5.74, 6) is -0.204. The molecule has 0 saturated heterocycles. The lowest BCUT2D eigenvalue weighted by Gasteiger charge is -2.06. The number of rotatable bonds is 5. The van der Waals surface area contributed by atoms with E-state index in [0.29, 0.717) is 10.7 Å². The molecular formula is C13H16N4O3S2. The minimum atomic E-state index is -3.38. The average Bonchev–Trinajstić information content (AvgIpc) is 2.77. The van der Waals surface area contributed by atoms with Crippen LogP contribution in [0.5, 0.6) is 0 Å². The van der Waals surface area contributed by atoms with E-state index >= 15 is 0 Å². The molecule has 0 aliphatic carbocycles. The van der Waals surface area contributed by atoms with E-state index in [2.05, 4.69) is 20.0 Å². The van der Waals surface area contributed by atoms with Crippen molar-refractivity contribution in [2.45, 2.75) is 20.8 Å². The SMILES string of the molecule is CCS(=O)(=O)Nc1ccc(C(=O)Nc2nc(C)c(C)s2)cn1. The summed E-state index contributed by atoms with van der Waals surface area (Å²) >= 11 is 1.40. The lowest BCUT2D eigenvalue weighted by molar-refractivity contribution is 0.102. The molecule has 0 saturated carbocycles. The van der Waals surface area contributed by atoms with Crippen molar-refractivity contribution < 1.29 is 13.2 Å². The van der Waals surface area contributed by atoms with E-state index in [-0.39, 0.29) is 17.5 Å². The zero-order valence-corrected chi connectivity index (χ0v) is 14.0. The van der Waals surface area contributed by atoms with E-state index in [1.165, 1.54) is 36.6 Å². The molecule has 0 atom stereocenters. The van der Waals surface area contributed by atoms with Gasteiger partial charge in [0.2, 0.25) is 10.0 Å². The van der Waals surface area contributed by atoms with Gasteiger partial charge in [-0.1, -0.05) is 0 Å². The number of carbonyl (C=O) groups excluding carboxylic acids is 1. The zero-order chi connectivity index (χ0) is 16.3. The summed E-state index contributed by atoms with van der Waals surface area (Å²) in [5, 5.41) is 3.21. The molecule has 2 aromatic heterocycles. The third kappa shape index (κ3) is 4.01. The highest BCUT2D eigenvalue weighted by Crippen LogP contribution is 2.21. The normalized spacial score (nSPS) is 11.2. The number of nitrogens with one attached hydrogen (secondary N) is 2. The second-order valence-corrected chi connectivity index (χ2v) is 7.77. The predicted molar refractivity (Wildman–Crippen MR) is 86.9 cm³/mol. The highest BCUT2D eigenvalue weighted by Gasteiger charge is 2.12. The third-order valence-corrected chi connectivity index (χ3v) is 5.18. The summed E-state index contributed by atoms with van der Waals surface area (Å²) in [7, 11) is -3.38. The molecule has 2 N–H and O–H groups in total. The molecule has 118 valence electrons. The first-order chi connectivity index (χ1) is 10.3. The third-order valence-electron chi connectivity index (χ3n) is 2.91. The fraction of sp³-hybridized carbons (Fsp3) is 0.308. The molecule has 2 rings (SSSR count). The van der Waals surface area contributed by atoms with Crippen molar-refractivity contribution in [1.29, 1.82) is 0 Å². The van der Waals surface area contributed by atoms with E-state index < -0.39 is 10.0 Å². The first-order valence-electron chi connectivity index (χ1n) is 6.52. The highest BCUT2D eigenvalue weighted by molar-refractivity contribution is 7.92. The van der Waals surface area contributed by atoms with Gasteiger partial charge < -0.3 is 0 Å². The Balaban J connectivity index is 2.08. The highest BCUT2D eigenvalue weighted by atomic mass is 32.2. The van der Waals surface area contributed by atoms with Gasteiger partial charge in [-0.25, -0.2) is 18.4 Å². The standard InChI is InChI=1S/C13H16N4O3S2/c1-4-22(19,20)17-11-6-5-10(7-14-11)12(18)16-13-15-8(2)9(3)21-13/h5-7H,4H2,1-3H3,(H,14,17)(H,15,16,18). The number of anilines is 2. The van der Waals surface area contributed by atoms with Crippen LogP contribution in [0.2, 0.25) is 0 Å². The van der Waals surface area contributed by atoms with Crippen LogP contribution in [0.3, 0.4) is 0 Å². The average molecular weight is 340 g/mol. The Kier molecular flexibility index (Phi) is 4.77. The molecule has 0 fully saturated rings. The fourth-order valence-corrected chi connectivity index (χ4v) is 2.91. The quantitative estimate of drug-likeness (QED) is 0.868. The topological polar surface area (TPSA) is 101 Å². The molecule has 0 aliphatic rings. The summed E-state index contributed by atoms with van der Waals surface area (Å²) in [6.07, 6.45) is 1.32. The molecule has 1 amide bonds. The maximum atomic E-state index is 12.1. The van der Waals surface area contributed by atoms with Crippen LogP contribution in [-0.4, -0.2) is 30.0 Å². The van der Waals surface area contributed by atoms with Gasteiger partial charge in [-0.2, -0.15) is 0 Å². The Bertz CT molecular complexity index is 763. The largest absolute Gasteiger partial charge is 0.298 e. The van der Waals surface area contributed by atoms with Crippen LogP contribution in [-0.2, 0) is 10.0 Å². The van der Waals surface area contributed by atoms with Crippen molar-refractivity contribution in [2.24, 2.45) is 0 Å². The molecule has 9 heteroatoms. The van der Waals surface area contributed by atoms with E-state index in [0.717, 1.165) is 10.6 Å². The number of aromatic nitrogens is 2. The van der Waals surface area contributed by atoms with Crippen molar-refractivity contribution in [3.63, 3.8) is 0 Å². The van der Waals surface area contributed by atoms with Gasteiger partial charge in [0.25, 0.3) is 5.91 Å². The van der Waals surface area contributed by atoms with E-state index in [4.69, 9.17) is 0 Å². The van der Waals surface area contributed by atoms with Crippen molar-refractivity contribution in [3.05, 3.63) is 34.5 Å². The number of carbonyl (C=O) groups is 1. The molecule has 0 radical (unpaired) electrons. The Morgan fingerprint density at radius 2 is 2.05 bits per heavy atom. The smallest absolute Gasteiger partial charge is 0.259 e. The monoisotopic (exact) mass is 340 g/mol. The molecule has 0 aromatic carbocycles. The van der Waals surface area contributed by atoms with Gasteiger partial charge in [0.05, 0.1) is 17.0 Å². The number of thiazole rings is 1. The fourth-order valence-electron chi connectivity index (χ4n) is 1.52. The van der Waals surface area contributed by atoms with Crippen LogP contribution < -0.4 is 10.0 Å². The summed E-state index contributed by atoms with van der Waals surface area (Å²) in [5.41, 5.74) is 1.20.